The molecule has 0 fully saturated rings. The fourth-order valence-corrected chi connectivity index (χ4v) is 1.27. The zero-order valence-electron chi connectivity index (χ0n) is 14.4. The highest BCUT2D eigenvalue weighted by Gasteiger charge is 1.88. The van der Waals surface area contributed by atoms with Gasteiger partial charge in [-0.25, -0.2) is 0 Å². The van der Waals surface area contributed by atoms with E-state index in [-0.39, 0.29) is 13.2 Å². The van der Waals surface area contributed by atoms with Gasteiger partial charge in [-0.1, -0.05) is 26.7 Å². The highest BCUT2D eigenvalue weighted by molar-refractivity contribution is 4.34. The third-order valence-corrected chi connectivity index (χ3v) is 2.50. The molecule has 0 bridgehead atoms. The second kappa shape index (κ2) is 25.7. The van der Waals surface area contributed by atoms with Crippen LogP contribution in [0.4, 0.5) is 0 Å². The lowest BCUT2D eigenvalue weighted by Crippen LogP contribution is -2.07. The Kier molecular flexibility index (Phi) is 28.1. The molecule has 0 radical (unpaired) electrons. The first-order valence-electron chi connectivity index (χ1n) is 8.36. The molecule has 0 unspecified atom stereocenters. The lowest BCUT2D eigenvalue weighted by atomic mass is 10.4. The lowest BCUT2D eigenvalue weighted by Gasteiger charge is -2.02. The van der Waals surface area contributed by atoms with Gasteiger partial charge in [-0.3, -0.25) is 0 Å². The Morgan fingerprint density at radius 2 is 0.818 bits per heavy atom. The van der Waals surface area contributed by atoms with Gasteiger partial charge < -0.3 is 29.2 Å². The van der Waals surface area contributed by atoms with Gasteiger partial charge in [-0.05, 0) is 12.8 Å². The summed E-state index contributed by atoms with van der Waals surface area (Å²) < 4.78 is 20.4. The van der Waals surface area contributed by atoms with Crippen LogP contribution in [0.3, 0.4) is 0 Å². The van der Waals surface area contributed by atoms with Crippen LogP contribution in [-0.2, 0) is 18.9 Å². The molecule has 0 rings (SSSR count). The Morgan fingerprint density at radius 1 is 0.500 bits per heavy atom. The Balaban J connectivity index is 0. The molecule has 0 aliphatic heterocycles. The van der Waals surface area contributed by atoms with E-state index in [1.165, 1.54) is 0 Å². The average Bonchev–Trinajstić information content (AvgIpc) is 2.54. The lowest BCUT2D eigenvalue weighted by molar-refractivity contribution is 0.0324. The number of hydrogen-bond donors (Lipinski definition) is 2. The third-order valence-electron chi connectivity index (χ3n) is 2.50. The molecular weight excluding hydrogens is 288 g/mol. The van der Waals surface area contributed by atoms with E-state index in [1.54, 1.807) is 0 Å². The molecule has 2 N–H and O–H groups in total. The van der Waals surface area contributed by atoms with Crippen molar-refractivity contribution in [1.29, 1.82) is 0 Å². The Hall–Kier alpha value is -0.240. The number of ether oxygens (including phenoxy) is 4. The number of unbranched alkanes of at least 4 members (excludes halogenated alkanes) is 2. The Morgan fingerprint density at radius 3 is 1.09 bits per heavy atom. The molecule has 0 heterocycles. The van der Waals surface area contributed by atoms with E-state index in [0.29, 0.717) is 39.6 Å². The molecule has 136 valence electrons. The van der Waals surface area contributed by atoms with Crippen molar-refractivity contribution in [2.24, 2.45) is 0 Å². The van der Waals surface area contributed by atoms with Crippen LogP contribution < -0.4 is 0 Å². The summed E-state index contributed by atoms with van der Waals surface area (Å²) in [5.74, 6) is 0. The van der Waals surface area contributed by atoms with Crippen molar-refractivity contribution < 1.29 is 29.2 Å². The number of aliphatic hydroxyl groups excluding tert-OH is 2. The molecule has 0 atom stereocenters. The second-order valence-corrected chi connectivity index (χ2v) is 4.60. The summed E-state index contributed by atoms with van der Waals surface area (Å²) in [7, 11) is 0. The van der Waals surface area contributed by atoms with E-state index in [4.69, 9.17) is 29.2 Å². The molecule has 0 saturated heterocycles. The molecule has 0 spiro atoms. The van der Waals surface area contributed by atoms with Gasteiger partial charge in [0, 0.05) is 13.2 Å². The van der Waals surface area contributed by atoms with Crippen molar-refractivity contribution in [2.45, 2.75) is 39.5 Å². The van der Waals surface area contributed by atoms with E-state index in [2.05, 4.69) is 13.8 Å². The van der Waals surface area contributed by atoms with Gasteiger partial charge in [-0.2, -0.15) is 0 Å². The van der Waals surface area contributed by atoms with Crippen molar-refractivity contribution in [3.63, 3.8) is 0 Å². The smallest absolute Gasteiger partial charge is 0.0701 e. The molecule has 6 heteroatoms. The van der Waals surface area contributed by atoms with Gasteiger partial charge in [0.05, 0.1) is 52.9 Å². The van der Waals surface area contributed by atoms with Crippen LogP contribution in [0.1, 0.15) is 39.5 Å². The predicted octanol–water partition coefficient (Wildman–Crippen LogP) is 1.62. The Bertz CT molecular complexity index is 135. The minimum absolute atomic E-state index is 0.0922. The molecule has 0 saturated carbocycles. The zero-order chi connectivity index (χ0) is 16.7. The quantitative estimate of drug-likeness (QED) is 0.420. The van der Waals surface area contributed by atoms with Crippen molar-refractivity contribution >= 4 is 0 Å². The van der Waals surface area contributed by atoms with Crippen LogP contribution in [0.2, 0.25) is 0 Å². The standard InChI is InChI=1S/2C8H18O3/c2*1-2-3-5-10-7-8-11-6-4-9/h2*9H,2-8H2,1H3. The van der Waals surface area contributed by atoms with Crippen molar-refractivity contribution in [3.8, 4) is 0 Å². The summed E-state index contributed by atoms with van der Waals surface area (Å²) in [5.41, 5.74) is 0. The SMILES string of the molecule is CCCCOCCOCCO.CCCCOCCOCCO. The average molecular weight is 324 g/mol. The van der Waals surface area contributed by atoms with E-state index in [9.17, 15) is 0 Å². The molecule has 0 aromatic carbocycles. The summed E-state index contributed by atoms with van der Waals surface area (Å²) in [6.45, 7) is 9.36. The normalized spacial score (nSPS) is 10.4. The highest BCUT2D eigenvalue weighted by Crippen LogP contribution is 1.88. The molecule has 0 aromatic rings. The van der Waals surface area contributed by atoms with Crippen LogP contribution in [0.5, 0.6) is 0 Å². The van der Waals surface area contributed by atoms with E-state index >= 15 is 0 Å². The molecule has 22 heavy (non-hydrogen) atoms. The summed E-state index contributed by atoms with van der Waals surface area (Å²) in [4.78, 5) is 0. The van der Waals surface area contributed by atoms with Crippen molar-refractivity contribution in [2.75, 3.05) is 66.1 Å². The number of aliphatic hydroxyl groups is 2. The Labute approximate surface area is 135 Å². The van der Waals surface area contributed by atoms with Crippen LogP contribution in [-0.4, -0.2) is 76.3 Å². The summed E-state index contributed by atoms with van der Waals surface area (Å²) in [6.07, 6.45) is 4.55. The van der Waals surface area contributed by atoms with Crippen LogP contribution in [0, 0.1) is 0 Å². The van der Waals surface area contributed by atoms with E-state index in [0.717, 1.165) is 38.9 Å². The molecule has 0 aliphatic rings. The molecule has 6 nitrogen and oxygen atoms in total. The van der Waals surface area contributed by atoms with Gasteiger partial charge >= 0.3 is 0 Å². The first-order valence-corrected chi connectivity index (χ1v) is 8.36. The molecular formula is C16H36O6. The number of rotatable bonds is 16. The summed E-state index contributed by atoms with van der Waals surface area (Å²) >= 11 is 0. The highest BCUT2D eigenvalue weighted by atomic mass is 16.5. The van der Waals surface area contributed by atoms with E-state index < -0.39 is 0 Å². The van der Waals surface area contributed by atoms with E-state index in [1.807, 2.05) is 0 Å². The zero-order valence-corrected chi connectivity index (χ0v) is 14.4. The van der Waals surface area contributed by atoms with Crippen LogP contribution in [0.25, 0.3) is 0 Å². The topological polar surface area (TPSA) is 77.4 Å². The van der Waals surface area contributed by atoms with Gasteiger partial charge in [0.15, 0.2) is 0 Å². The fourth-order valence-electron chi connectivity index (χ4n) is 1.27. The van der Waals surface area contributed by atoms with Gasteiger partial charge in [0.2, 0.25) is 0 Å². The maximum absolute atomic E-state index is 8.34. The first-order chi connectivity index (χ1) is 10.8. The minimum atomic E-state index is 0.0922. The van der Waals surface area contributed by atoms with Gasteiger partial charge in [0.25, 0.3) is 0 Å². The maximum Gasteiger partial charge on any atom is 0.0701 e. The minimum Gasteiger partial charge on any atom is -0.394 e. The molecule has 0 amide bonds. The van der Waals surface area contributed by atoms with Gasteiger partial charge in [-0.15, -0.1) is 0 Å². The van der Waals surface area contributed by atoms with Crippen molar-refractivity contribution in [3.05, 3.63) is 0 Å². The monoisotopic (exact) mass is 324 g/mol. The number of hydrogen-bond acceptors (Lipinski definition) is 6. The van der Waals surface area contributed by atoms with Crippen molar-refractivity contribution in [1.82, 2.24) is 0 Å². The summed E-state index contributed by atoms with van der Waals surface area (Å²) in [5, 5.41) is 16.7. The van der Waals surface area contributed by atoms with Crippen LogP contribution in [0.15, 0.2) is 0 Å². The van der Waals surface area contributed by atoms with Gasteiger partial charge in [0.1, 0.15) is 0 Å². The van der Waals surface area contributed by atoms with Crippen LogP contribution >= 0.6 is 0 Å². The summed E-state index contributed by atoms with van der Waals surface area (Å²) in [6, 6.07) is 0. The molecule has 0 aliphatic carbocycles. The molecule has 0 aromatic heterocycles. The first kappa shape index (κ1) is 24.0. The largest absolute Gasteiger partial charge is 0.394 e. The maximum atomic E-state index is 8.34. The second-order valence-electron chi connectivity index (χ2n) is 4.60. The fraction of sp³-hybridized carbons (Fsp3) is 1.00. The third kappa shape index (κ3) is 28.0. The predicted molar refractivity (Wildman–Crippen MR) is 87.3 cm³/mol.